The molecule has 1 atom stereocenters. The van der Waals surface area contributed by atoms with Gasteiger partial charge in [0.25, 0.3) is 0 Å². The van der Waals surface area contributed by atoms with Crippen LogP contribution in [0, 0.1) is 16.2 Å². The molecule has 2 N–H and O–H groups in total. The highest BCUT2D eigenvalue weighted by Gasteiger charge is 2.63. The minimum atomic E-state index is -4.52. The molecule has 2 aliphatic carbocycles. The van der Waals surface area contributed by atoms with E-state index in [0.717, 1.165) is 0 Å². The largest absolute Gasteiger partial charge is 0.403 e. The van der Waals surface area contributed by atoms with E-state index in [1.165, 1.54) is 4.90 Å². The van der Waals surface area contributed by atoms with Crippen molar-refractivity contribution in [3.63, 3.8) is 0 Å². The van der Waals surface area contributed by atoms with Crippen LogP contribution in [0.25, 0.3) is 0 Å². The van der Waals surface area contributed by atoms with Gasteiger partial charge in [0.05, 0.1) is 5.70 Å². The number of carbonyl (C=O) groups excluding carboxylic acids is 2. The van der Waals surface area contributed by atoms with Crippen molar-refractivity contribution in [2.24, 2.45) is 22.0 Å². The van der Waals surface area contributed by atoms with Crippen molar-refractivity contribution < 1.29 is 22.8 Å². The van der Waals surface area contributed by atoms with Crippen LogP contribution in [0.15, 0.2) is 11.8 Å². The Bertz CT molecular complexity index is 633. The minimum absolute atomic E-state index is 0.124. The number of ketones is 1. The van der Waals surface area contributed by atoms with Gasteiger partial charge in [0.2, 0.25) is 5.91 Å². The van der Waals surface area contributed by atoms with Crippen LogP contribution < -0.4 is 5.73 Å². The number of nitrogens with zero attached hydrogens (tertiary/aromatic N) is 1. The Hall–Kier alpha value is -1.53. The quantitative estimate of drug-likeness (QED) is 0.783. The lowest BCUT2D eigenvalue weighted by Gasteiger charge is -2.40. The highest BCUT2D eigenvalue weighted by atomic mass is 19.4. The maximum atomic E-state index is 13.7. The fourth-order valence-electron chi connectivity index (χ4n) is 5.03. The first-order chi connectivity index (χ1) is 11.4. The molecule has 0 radical (unpaired) electrons. The third kappa shape index (κ3) is 2.75. The standard InChI is InChI=1S/C18H25F3N2O2/c1-15(2)10-16(9-12(22)13(15)24)7-8-23(11-16)14(25)17(18(19,20)21)5-3-4-6-17/h9H,3-8,10-11,22H2,1-2H3. The van der Waals surface area contributed by atoms with Gasteiger partial charge in [-0.1, -0.05) is 26.7 Å². The van der Waals surface area contributed by atoms with E-state index in [4.69, 9.17) is 5.73 Å². The summed E-state index contributed by atoms with van der Waals surface area (Å²) in [6.07, 6.45) is -1.18. The summed E-state index contributed by atoms with van der Waals surface area (Å²) in [6.45, 7) is 4.09. The average Bonchev–Trinajstić information content (AvgIpc) is 3.11. The van der Waals surface area contributed by atoms with Gasteiger partial charge in [-0.15, -0.1) is 0 Å². The molecule has 3 rings (SSSR count). The predicted octanol–water partition coefficient (Wildman–Crippen LogP) is 3.17. The molecule has 2 fully saturated rings. The van der Waals surface area contributed by atoms with E-state index in [2.05, 4.69) is 0 Å². The number of hydrogen-bond donors (Lipinski definition) is 1. The van der Waals surface area contributed by atoms with Crippen molar-refractivity contribution in [3.8, 4) is 0 Å². The molecule has 1 heterocycles. The normalized spacial score (nSPS) is 31.5. The van der Waals surface area contributed by atoms with E-state index >= 15 is 0 Å². The molecule has 0 aromatic heterocycles. The molecule has 25 heavy (non-hydrogen) atoms. The van der Waals surface area contributed by atoms with Gasteiger partial charge in [-0.25, -0.2) is 0 Å². The van der Waals surface area contributed by atoms with Gasteiger partial charge < -0.3 is 10.6 Å². The predicted molar refractivity (Wildman–Crippen MR) is 86.3 cm³/mol. The van der Waals surface area contributed by atoms with Crippen LogP contribution in [-0.4, -0.2) is 35.9 Å². The summed E-state index contributed by atoms with van der Waals surface area (Å²) in [4.78, 5) is 26.4. The third-order valence-electron chi connectivity index (χ3n) is 6.21. The summed E-state index contributed by atoms with van der Waals surface area (Å²) in [5.41, 5.74) is 2.65. The van der Waals surface area contributed by atoms with Gasteiger partial charge in [-0.05, 0) is 31.8 Å². The van der Waals surface area contributed by atoms with Crippen molar-refractivity contribution in [1.29, 1.82) is 0 Å². The first-order valence-electron chi connectivity index (χ1n) is 8.82. The maximum Gasteiger partial charge on any atom is 0.403 e. The zero-order valence-corrected chi connectivity index (χ0v) is 14.7. The van der Waals surface area contributed by atoms with Crippen molar-refractivity contribution in [1.82, 2.24) is 4.90 Å². The number of carbonyl (C=O) groups is 2. The Morgan fingerprint density at radius 1 is 1.20 bits per heavy atom. The lowest BCUT2D eigenvalue weighted by molar-refractivity contribution is -0.225. The Labute approximate surface area is 145 Å². The van der Waals surface area contributed by atoms with Crippen molar-refractivity contribution in [3.05, 3.63) is 11.8 Å². The maximum absolute atomic E-state index is 13.7. The lowest BCUT2D eigenvalue weighted by Crippen LogP contribution is -2.51. The lowest BCUT2D eigenvalue weighted by atomic mass is 9.65. The molecule has 1 amide bonds. The number of halogens is 3. The summed E-state index contributed by atoms with van der Waals surface area (Å²) in [6, 6.07) is 0. The number of rotatable bonds is 1. The Morgan fingerprint density at radius 3 is 2.32 bits per heavy atom. The van der Waals surface area contributed by atoms with Gasteiger partial charge in [0.15, 0.2) is 5.78 Å². The van der Waals surface area contributed by atoms with Crippen LogP contribution in [0.4, 0.5) is 13.2 Å². The van der Waals surface area contributed by atoms with Crippen LogP contribution in [0.2, 0.25) is 0 Å². The second-order valence-electron chi connectivity index (χ2n) is 8.62. The topological polar surface area (TPSA) is 63.4 Å². The first-order valence-corrected chi connectivity index (χ1v) is 8.82. The second-order valence-corrected chi connectivity index (χ2v) is 8.62. The molecule has 3 aliphatic rings. The zero-order chi connectivity index (χ0) is 18.7. The number of alkyl halides is 3. The van der Waals surface area contributed by atoms with Crippen molar-refractivity contribution >= 4 is 11.7 Å². The molecule has 7 heteroatoms. The van der Waals surface area contributed by atoms with Crippen LogP contribution >= 0.6 is 0 Å². The van der Waals surface area contributed by atoms with Gasteiger partial charge in [0.1, 0.15) is 5.41 Å². The van der Waals surface area contributed by atoms with Crippen LogP contribution in [0.5, 0.6) is 0 Å². The number of amides is 1. The van der Waals surface area contributed by atoms with E-state index in [0.29, 0.717) is 25.7 Å². The van der Waals surface area contributed by atoms with Crippen molar-refractivity contribution in [2.45, 2.75) is 58.5 Å². The van der Waals surface area contributed by atoms with E-state index in [-0.39, 0.29) is 37.4 Å². The second kappa shape index (κ2) is 5.48. The van der Waals surface area contributed by atoms with Crippen LogP contribution in [-0.2, 0) is 9.59 Å². The molecule has 1 saturated heterocycles. The highest BCUT2D eigenvalue weighted by molar-refractivity contribution is 5.99. The summed E-state index contributed by atoms with van der Waals surface area (Å²) < 4.78 is 41.0. The first kappa shape index (κ1) is 18.3. The van der Waals surface area contributed by atoms with E-state index < -0.39 is 28.3 Å². The molecule has 1 aliphatic heterocycles. The molecule has 1 saturated carbocycles. The highest BCUT2D eigenvalue weighted by Crippen LogP contribution is 2.54. The number of likely N-dealkylation sites (tertiary alicyclic amines) is 1. The molecule has 1 unspecified atom stereocenters. The molecule has 0 aromatic rings. The molecule has 0 bridgehead atoms. The molecular formula is C18H25F3N2O2. The van der Waals surface area contributed by atoms with Crippen LogP contribution in [0.1, 0.15) is 52.4 Å². The number of Topliss-reactive ketones (excluding diaryl/α,β-unsaturated/α-hetero) is 1. The van der Waals surface area contributed by atoms with E-state index in [1.54, 1.807) is 19.9 Å². The summed E-state index contributed by atoms with van der Waals surface area (Å²) in [7, 11) is 0. The Kier molecular flexibility index (Phi) is 4.01. The fourth-order valence-corrected chi connectivity index (χ4v) is 5.03. The molecule has 1 spiro atoms. The van der Waals surface area contributed by atoms with Gasteiger partial charge >= 0.3 is 6.18 Å². The average molecular weight is 358 g/mol. The van der Waals surface area contributed by atoms with Gasteiger partial charge in [-0.3, -0.25) is 9.59 Å². The SMILES string of the molecule is CC1(C)CC2(C=C(N)C1=O)CCN(C(=O)C1(C(F)(F)F)CCCC1)C2. The fraction of sp³-hybridized carbons (Fsp3) is 0.778. The molecule has 4 nitrogen and oxygen atoms in total. The van der Waals surface area contributed by atoms with Gasteiger partial charge in [-0.2, -0.15) is 13.2 Å². The Morgan fingerprint density at radius 2 is 1.80 bits per heavy atom. The van der Waals surface area contributed by atoms with E-state index in [9.17, 15) is 22.8 Å². The molecule has 140 valence electrons. The monoisotopic (exact) mass is 358 g/mol. The smallest absolute Gasteiger partial charge is 0.396 e. The molecule has 0 aromatic carbocycles. The number of nitrogens with two attached hydrogens (primary N) is 1. The zero-order valence-electron chi connectivity index (χ0n) is 14.7. The van der Waals surface area contributed by atoms with E-state index in [1.807, 2.05) is 0 Å². The van der Waals surface area contributed by atoms with Crippen molar-refractivity contribution in [2.75, 3.05) is 13.1 Å². The summed E-state index contributed by atoms with van der Waals surface area (Å²) >= 11 is 0. The number of hydrogen-bond acceptors (Lipinski definition) is 3. The third-order valence-corrected chi connectivity index (χ3v) is 6.21. The number of allylic oxidation sites excluding steroid dienone is 1. The Balaban J connectivity index is 1.86. The van der Waals surface area contributed by atoms with Crippen LogP contribution in [0.3, 0.4) is 0 Å². The van der Waals surface area contributed by atoms with Gasteiger partial charge in [0, 0.05) is 23.9 Å². The minimum Gasteiger partial charge on any atom is -0.396 e. The summed E-state index contributed by atoms with van der Waals surface area (Å²) in [5, 5.41) is 0. The molecular weight excluding hydrogens is 333 g/mol. The summed E-state index contributed by atoms with van der Waals surface area (Å²) in [5.74, 6) is -0.929.